The number of rotatable bonds is 5. The molecule has 1 aliphatic rings. The number of amides is 3. The molecule has 1 N–H and O–H groups in total. The van der Waals surface area contributed by atoms with Gasteiger partial charge in [-0.05, 0) is 42.8 Å². The summed E-state index contributed by atoms with van der Waals surface area (Å²) in [6, 6.07) is 12.3. The topological polar surface area (TPSA) is 71.4 Å². The minimum absolute atomic E-state index is 0.283. The molecule has 2 heterocycles. The van der Waals surface area contributed by atoms with Gasteiger partial charge in [-0.25, -0.2) is 0 Å². The third-order valence-corrected chi connectivity index (χ3v) is 5.14. The summed E-state index contributed by atoms with van der Waals surface area (Å²) in [6.07, 6.45) is 3.59. The predicted octanol–water partition coefficient (Wildman–Crippen LogP) is 3.83. The van der Waals surface area contributed by atoms with Gasteiger partial charge in [-0.1, -0.05) is 19.4 Å². The smallest absolute Gasteiger partial charge is 0.261 e. The molecule has 6 heteroatoms. The molecule has 142 valence electrons. The summed E-state index contributed by atoms with van der Waals surface area (Å²) in [5.74, 6) is -0.922. The van der Waals surface area contributed by atoms with Gasteiger partial charge in [0.2, 0.25) is 0 Å². The summed E-state index contributed by atoms with van der Waals surface area (Å²) in [5.41, 5.74) is 2.73. The average molecular weight is 375 g/mol. The van der Waals surface area contributed by atoms with E-state index in [-0.39, 0.29) is 17.7 Å². The standard InChI is InChI=1S/C22H21N3O3/c1-3-4-11-25-21(27)15-9-8-14(13-17(15)22(25)28)20(26)23-18-6-5-7-19-16(18)10-12-24(19)2/h5-10,12-13H,3-4,11H2,1-2H3,(H,23,26). The van der Waals surface area contributed by atoms with Crippen LogP contribution in [0, 0.1) is 0 Å². The largest absolute Gasteiger partial charge is 0.350 e. The molecule has 0 radical (unpaired) electrons. The zero-order valence-electron chi connectivity index (χ0n) is 15.9. The SMILES string of the molecule is CCCCN1C(=O)c2ccc(C(=O)Nc3cccc4c3ccn4C)cc2C1=O. The van der Waals surface area contributed by atoms with Crippen LogP contribution in [0.3, 0.4) is 0 Å². The van der Waals surface area contributed by atoms with E-state index >= 15 is 0 Å². The van der Waals surface area contributed by atoms with Crippen LogP contribution in [0.5, 0.6) is 0 Å². The minimum Gasteiger partial charge on any atom is -0.350 e. The Labute approximate surface area is 162 Å². The third-order valence-electron chi connectivity index (χ3n) is 5.14. The molecule has 3 aromatic rings. The van der Waals surface area contributed by atoms with Gasteiger partial charge in [0.15, 0.2) is 0 Å². The molecular formula is C22H21N3O3. The van der Waals surface area contributed by atoms with Gasteiger partial charge in [0, 0.05) is 36.3 Å². The second-order valence-corrected chi connectivity index (χ2v) is 7.00. The normalized spacial score (nSPS) is 13.3. The zero-order chi connectivity index (χ0) is 19.8. The number of aryl methyl sites for hydroxylation is 1. The van der Waals surface area contributed by atoms with Gasteiger partial charge in [-0.3, -0.25) is 19.3 Å². The van der Waals surface area contributed by atoms with Gasteiger partial charge in [-0.2, -0.15) is 0 Å². The maximum absolute atomic E-state index is 12.8. The maximum atomic E-state index is 12.8. The fraction of sp³-hybridized carbons (Fsp3) is 0.227. The van der Waals surface area contributed by atoms with Crippen LogP contribution in [0.2, 0.25) is 0 Å². The van der Waals surface area contributed by atoms with Gasteiger partial charge in [0.1, 0.15) is 0 Å². The summed E-state index contributed by atoms with van der Waals surface area (Å²) < 4.78 is 1.98. The van der Waals surface area contributed by atoms with Crippen molar-refractivity contribution in [1.82, 2.24) is 9.47 Å². The molecule has 0 bridgehead atoms. The lowest BCUT2D eigenvalue weighted by atomic mass is 10.1. The van der Waals surface area contributed by atoms with Crippen molar-refractivity contribution in [2.75, 3.05) is 11.9 Å². The van der Waals surface area contributed by atoms with E-state index in [0.717, 1.165) is 23.7 Å². The highest BCUT2D eigenvalue weighted by atomic mass is 16.2. The molecule has 1 aliphatic heterocycles. The lowest BCUT2D eigenvalue weighted by Gasteiger charge is -2.12. The fourth-order valence-electron chi connectivity index (χ4n) is 3.56. The number of carbonyl (C=O) groups excluding carboxylic acids is 3. The molecule has 0 atom stereocenters. The van der Waals surface area contributed by atoms with E-state index in [2.05, 4.69) is 5.32 Å². The highest BCUT2D eigenvalue weighted by Crippen LogP contribution is 2.27. The summed E-state index contributed by atoms with van der Waals surface area (Å²) >= 11 is 0. The van der Waals surface area contributed by atoms with E-state index in [1.54, 1.807) is 12.1 Å². The Morgan fingerprint density at radius 3 is 2.61 bits per heavy atom. The molecule has 3 amide bonds. The number of carbonyl (C=O) groups is 3. The number of benzene rings is 2. The molecule has 0 saturated carbocycles. The summed E-state index contributed by atoms with van der Waals surface area (Å²) in [5, 5.41) is 3.86. The molecule has 28 heavy (non-hydrogen) atoms. The van der Waals surface area contributed by atoms with Crippen LogP contribution < -0.4 is 5.32 Å². The lowest BCUT2D eigenvalue weighted by molar-refractivity contribution is 0.0652. The lowest BCUT2D eigenvalue weighted by Crippen LogP contribution is -2.30. The number of unbranched alkanes of at least 4 members (excludes halogenated alkanes) is 1. The van der Waals surface area contributed by atoms with Crippen LogP contribution in [0.25, 0.3) is 10.9 Å². The first-order valence-electron chi connectivity index (χ1n) is 9.37. The monoisotopic (exact) mass is 375 g/mol. The second-order valence-electron chi connectivity index (χ2n) is 7.00. The van der Waals surface area contributed by atoms with Crippen LogP contribution >= 0.6 is 0 Å². The Morgan fingerprint density at radius 1 is 1.04 bits per heavy atom. The van der Waals surface area contributed by atoms with E-state index in [9.17, 15) is 14.4 Å². The Bertz CT molecular complexity index is 1110. The van der Waals surface area contributed by atoms with E-state index < -0.39 is 0 Å². The van der Waals surface area contributed by atoms with Crippen LogP contribution in [0.1, 0.15) is 50.8 Å². The van der Waals surface area contributed by atoms with Crippen molar-refractivity contribution >= 4 is 34.3 Å². The zero-order valence-corrected chi connectivity index (χ0v) is 15.9. The molecule has 1 aromatic heterocycles. The molecule has 0 saturated heterocycles. The second kappa shape index (κ2) is 6.96. The van der Waals surface area contributed by atoms with Gasteiger partial charge in [0.05, 0.1) is 16.8 Å². The molecule has 0 unspecified atom stereocenters. The van der Waals surface area contributed by atoms with E-state index in [0.29, 0.717) is 28.9 Å². The molecule has 0 spiro atoms. The number of anilines is 1. The van der Waals surface area contributed by atoms with Crippen molar-refractivity contribution in [3.63, 3.8) is 0 Å². The highest BCUT2D eigenvalue weighted by Gasteiger charge is 2.35. The van der Waals surface area contributed by atoms with Gasteiger partial charge >= 0.3 is 0 Å². The Morgan fingerprint density at radius 2 is 1.82 bits per heavy atom. The molecule has 0 fully saturated rings. The quantitative estimate of drug-likeness (QED) is 0.689. The van der Waals surface area contributed by atoms with Crippen molar-refractivity contribution < 1.29 is 14.4 Å². The molecule has 4 rings (SSSR count). The number of aromatic nitrogens is 1. The van der Waals surface area contributed by atoms with E-state index in [1.807, 2.05) is 49.0 Å². The van der Waals surface area contributed by atoms with Crippen molar-refractivity contribution in [3.8, 4) is 0 Å². The number of imide groups is 1. The fourth-order valence-corrected chi connectivity index (χ4v) is 3.56. The number of fused-ring (bicyclic) bond motifs is 2. The van der Waals surface area contributed by atoms with Gasteiger partial charge in [-0.15, -0.1) is 0 Å². The van der Waals surface area contributed by atoms with Gasteiger partial charge < -0.3 is 9.88 Å². The Kier molecular flexibility index (Phi) is 4.47. The summed E-state index contributed by atoms with van der Waals surface area (Å²) in [7, 11) is 1.95. The van der Waals surface area contributed by atoms with Crippen molar-refractivity contribution in [3.05, 3.63) is 65.4 Å². The highest BCUT2D eigenvalue weighted by molar-refractivity contribution is 6.22. The maximum Gasteiger partial charge on any atom is 0.261 e. The minimum atomic E-state index is -0.326. The first kappa shape index (κ1) is 18.0. The van der Waals surface area contributed by atoms with E-state index in [1.165, 1.54) is 11.0 Å². The molecular weight excluding hydrogens is 354 g/mol. The van der Waals surface area contributed by atoms with Gasteiger partial charge in [0.25, 0.3) is 17.7 Å². The first-order chi connectivity index (χ1) is 13.5. The number of hydrogen-bond donors (Lipinski definition) is 1. The Hall–Kier alpha value is -3.41. The van der Waals surface area contributed by atoms with Crippen LogP contribution in [0.4, 0.5) is 5.69 Å². The predicted molar refractivity (Wildman–Crippen MR) is 108 cm³/mol. The third kappa shape index (κ3) is 2.87. The average Bonchev–Trinajstić information content (AvgIpc) is 3.19. The number of nitrogens with zero attached hydrogens (tertiary/aromatic N) is 2. The molecule has 0 aliphatic carbocycles. The Balaban J connectivity index is 1.61. The number of nitrogens with one attached hydrogen (secondary N) is 1. The molecule has 6 nitrogen and oxygen atoms in total. The van der Waals surface area contributed by atoms with Crippen LogP contribution in [0.15, 0.2) is 48.7 Å². The first-order valence-corrected chi connectivity index (χ1v) is 9.37. The van der Waals surface area contributed by atoms with Crippen molar-refractivity contribution in [2.45, 2.75) is 19.8 Å². The summed E-state index contributed by atoms with van der Waals surface area (Å²) in [6.45, 7) is 2.41. The van der Waals surface area contributed by atoms with E-state index in [4.69, 9.17) is 0 Å². The van der Waals surface area contributed by atoms with Crippen molar-refractivity contribution in [1.29, 1.82) is 0 Å². The number of hydrogen-bond acceptors (Lipinski definition) is 3. The van der Waals surface area contributed by atoms with Crippen LogP contribution in [-0.2, 0) is 7.05 Å². The van der Waals surface area contributed by atoms with Crippen molar-refractivity contribution in [2.24, 2.45) is 7.05 Å². The van der Waals surface area contributed by atoms with Crippen LogP contribution in [-0.4, -0.2) is 33.7 Å². The molecule has 2 aromatic carbocycles. The summed E-state index contributed by atoms with van der Waals surface area (Å²) in [4.78, 5) is 39.1.